The van der Waals surface area contributed by atoms with Crippen LogP contribution in [0, 0.1) is 0 Å². The van der Waals surface area contributed by atoms with Crippen molar-refractivity contribution >= 4 is 22.9 Å². The summed E-state index contributed by atoms with van der Waals surface area (Å²) in [6, 6.07) is 9.77. The lowest BCUT2D eigenvalue weighted by Crippen LogP contribution is -1.95. The maximum Gasteiger partial charge on any atom is 0.122 e. The van der Waals surface area contributed by atoms with Gasteiger partial charge in [0.2, 0.25) is 0 Å². The summed E-state index contributed by atoms with van der Waals surface area (Å²) in [6.45, 7) is 0.540. The van der Waals surface area contributed by atoms with Crippen molar-refractivity contribution in [2.75, 3.05) is 0 Å². The Balaban J connectivity index is 1.70. The summed E-state index contributed by atoms with van der Waals surface area (Å²) in [4.78, 5) is 1.11. The van der Waals surface area contributed by atoms with Crippen LogP contribution in [-0.2, 0) is 13.0 Å². The van der Waals surface area contributed by atoms with Gasteiger partial charge in [0, 0.05) is 4.88 Å². The Labute approximate surface area is 115 Å². The Morgan fingerprint density at radius 1 is 1.33 bits per heavy atom. The Kier molecular flexibility index (Phi) is 3.29. The second kappa shape index (κ2) is 4.92. The first kappa shape index (κ1) is 12.0. The van der Waals surface area contributed by atoms with Gasteiger partial charge < -0.3 is 9.84 Å². The lowest BCUT2D eigenvalue weighted by molar-refractivity contribution is 0.180. The smallest absolute Gasteiger partial charge is 0.122 e. The first-order chi connectivity index (χ1) is 8.72. The van der Waals surface area contributed by atoms with Crippen LogP contribution in [-0.4, -0.2) is 5.11 Å². The van der Waals surface area contributed by atoms with E-state index < -0.39 is 0 Å². The second-order valence-corrected chi connectivity index (χ2v) is 6.21. The number of ether oxygens (including phenoxy) is 1. The lowest BCUT2D eigenvalue weighted by atomic mass is 10.1. The molecule has 0 radical (unpaired) electrons. The molecule has 0 fully saturated rings. The minimum absolute atomic E-state index is 0.301. The van der Waals surface area contributed by atoms with Gasteiger partial charge in [0.05, 0.1) is 10.4 Å². The molecule has 1 N–H and O–H groups in total. The summed E-state index contributed by atoms with van der Waals surface area (Å²) in [5.41, 5.74) is 2.24. The van der Waals surface area contributed by atoms with Crippen molar-refractivity contribution in [3.05, 3.63) is 50.7 Å². The minimum Gasteiger partial charge on any atom is -0.488 e. The molecule has 1 aliphatic rings. The number of rotatable bonds is 3. The third kappa shape index (κ3) is 2.39. The second-order valence-electron chi connectivity index (χ2n) is 4.41. The van der Waals surface area contributed by atoms with Crippen LogP contribution in [0.25, 0.3) is 0 Å². The summed E-state index contributed by atoms with van der Waals surface area (Å²) in [5, 5.41) is 9.73. The summed E-state index contributed by atoms with van der Waals surface area (Å²) in [7, 11) is 0. The lowest BCUT2D eigenvalue weighted by Gasteiger charge is -2.08. The fraction of sp³-hybridized carbons (Fsp3) is 0.286. The molecule has 0 saturated carbocycles. The predicted octanol–water partition coefficient (Wildman–Crippen LogP) is 3.96. The molecule has 0 spiro atoms. The summed E-state index contributed by atoms with van der Waals surface area (Å²) >= 11 is 7.40. The molecule has 1 aromatic carbocycles. The Hall–Kier alpha value is -1.03. The quantitative estimate of drug-likeness (QED) is 0.922. The van der Waals surface area contributed by atoms with Crippen molar-refractivity contribution in [1.82, 2.24) is 0 Å². The third-order valence-electron chi connectivity index (χ3n) is 3.17. The van der Waals surface area contributed by atoms with Crippen LogP contribution < -0.4 is 4.74 Å². The van der Waals surface area contributed by atoms with E-state index in [9.17, 15) is 5.11 Å². The SMILES string of the molecule is O[C@@H]1CCc2cc(OCc3ccc(Cl)s3)ccc21. The van der Waals surface area contributed by atoms with Crippen molar-refractivity contribution in [1.29, 1.82) is 0 Å². The van der Waals surface area contributed by atoms with E-state index in [1.807, 2.05) is 30.3 Å². The molecule has 0 amide bonds. The number of fused-ring (bicyclic) bond motifs is 1. The molecule has 2 aromatic rings. The number of aliphatic hydroxyl groups excluding tert-OH is 1. The molecule has 1 aromatic heterocycles. The summed E-state index contributed by atoms with van der Waals surface area (Å²) in [6.07, 6.45) is 1.45. The number of thiophene rings is 1. The van der Waals surface area contributed by atoms with Gasteiger partial charge in [-0.15, -0.1) is 11.3 Å². The van der Waals surface area contributed by atoms with Gasteiger partial charge in [0.1, 0.15) is 12.4 Å². The van der Waals surface area contributed by atoms with Crippen LogP contribution in [0.4, 0.5) is 0 Å². The van der Waals surface area contributed by atoms with Crippen LogP contribution in [0.15, 0.2) is 30.3 Å². The molecular formula is C14H13ClO2S. The summed E-state index contributed by atoms with van der Waals surface area (Å²) in [5.74, 6) is 0.854. The highest BCUT2D eigenvalue weighted by atomic mass is 35.5. The molecule has 0 saturated heterocycles. The molecule has 1 heterocycles. The average Bonchev–Trinajstić information content (AvgIpc) is 2.94. The molecule has 1 aliphatic carbocycles. The Morgan fingerprint density at radius 3 is 3.00 bits per heavy atom. The van der Waals surface area contributed by atoms with Crippen LogP contribution in [0.2, 0.25) is 4.34 Å². The average molecular weight is 281 g/mol. The summed E-state index contributed by atoms with van der Waals surface area (Å²) < 4.78 is 6.52. The van der Waals surface area contributed by atoms with Crippen molar-refractivity contribution in [2.24, 2.45) is 0 Å². The molecule has 0 bridgehead atoms. The number of halogens is 1. The van der Waals surface area contributed by atoms with Gasteiger partial charge in [0.15, 0.2) is 0 Å². The monoisotopic (exact) mass is 280 g/mol. The zero-order valence-electron chi connectivity index (χ0n) is 9.73. The normalized spacial score (nSPS) is 17.8. The van der Waals surface area contributed by atoms with Gasteiger partial charge in [-0.3, -0.25) is 0 Å². The molecule has 18 heavy (non-hydrogen) atoms. The van der Waals surface area contributed by atoms with Gasteiger partial charge in [0.25, 0.3) is 0 Å². The molecule has 94 valence electrons. The first-order valence-electron chi connectivity index (χ1n) is 5.90. The third-order valence-corrected chi connectivity index (χ3v) is 4.38. The molecule has 0 aliphatic heterocycles. The van der Waals surface area contributed by atoms with Gasteiger partial charge in [-0.2, -0.15) is 0 Å². The zero-order chi connectivity index (χ0) is 12.5. The van der Waals surface area contributed by atoms with Crippen LogP contribution >= 0.6 is 22.9 Å². The van der Waals surface area contributed by atoms with E-state index >= 15 is 0 Å². The molecular weight excluding hydrogens is 268 g/mol. The highest BCUT2D eigenvalue weighted by Crippen LogP contribution is 2.33. The number of hydrogen-bond donors (Lipinski definition) is 1. The highest BCUT2D eigenvalue weighted by molar-refractivity contribution is 7.16. The van der Waals surface area contributed by atoms with Crippen LogP contribution in [0.3, 0.4) is 0 Å². The number of benzene rings is 1. The molecule has 1 atom stereocenters. The Bertz CT molecular complexity index is 565. The maximum absolute atomic E-state index is 9.73. The largest absolute Gasteiger partial charge is 0.488 e. The van der Waals surface area contributed by atoms with E-state index in [0.717, 1.165) is 33.4 Å². The van der Waals surface area contributed by atoms with Gasteiger partial charge in [-0.25, -0.2) is 0 Å². The van der Waals surface area contributed by atoms with Gasteiger partial charge >= 0.3 is 0 Å². The van der Waals surface area contributed by atoms with Crippen molar-refractivity contribution in [3.8, 4) is 5.75 Å². The standard InChI is InChI=1S/C14H13ClO2S/c15-14-6-3-11(18-14)8-17-10-2-4-12-9(7-10)1-5-13(12)16/h2-4,6-7,13,16H,1,5,8H2/t13-/m1/s1. The van der Waals surface area contributed by atoms with Crippen LogP contribution in [0.1, 0.15) is 28.5 Å². The first-order valence-corrected chi connectivity index (χ1v) is 7.10. The molecule has 3 rings (SSSR count). The number of aryl methyl sites for hydroxylation is 1. The van der Waals surface area contributed by atoms with E-state index in [4.69, 9.17) is 16.3 Å². The van der Waals surface area contributed by atoms with Crippen molar-refractivity contribution in [3.63, 3.8) is 0 Å². The van der Waals surface area contributed by atoms with Gasteiger partial charge in [-0.1, -0.05) is 17.7 Å². The van der Waals surface area contributed by atoms with Gasteiger partial charge in [-0.05, 0) is 48.2 Å². The Morgan fingerprint density at radius 2 is 2.22 bits per heavy atom. The van der Waals surface area contributed by atoms with E-state index in [1.165, 1.54) is 16.9 Å². The molecule has 0 unspecified atom stereocenters. The fourth-order valence-corrected chi connectivity index (χ4v) is 3.25. The van der Waals surface area contributed by atoms with E-state index in [1.54, 1.807) is 0 Å². The van der Waals surface area contributed by atoms with Crippen molar-refractivity contribution < 1.29 is 9.84 Å². The fourth-order valence-electron chi connectivity index (χ4n) is 2.24. The highest BCUT2D eigenvalue weighted by Gasteiger charge is 2.20. The predicted molar refractivity (Wildman–Crippen MR) is 73.4 cm³/mol. The van der Waals surface area contributed by atoms with E-state index in [2.05, 4.69) is 0 Å². The number of hydrogen-bond acceptors (Lipinski definition) is 3. The van der Waals surface area contributed by atoms with Crippen LogP contribution in [0.5, 0.6) is 5.75 Å². The number of aliphatic hydroxyl groups is 1. The minimum atomic E-state index is -0.301. The molecule has 4 heteroatoms. The van der Waals surface area contributed by atoms with E-state index in [-0.39, 0.29) is 6.10 Å². The zero-order valence-corrected chi connectivity index (χ0v) is 11.3. The van der Waals surface area contributed by atoms with E-state index in [0.29, 0.717) is 6.61 Å². The van der Waals surface area contributed by atoms with Crippen molar-refractivity contribution in [2.45, 2.75) is 25.6 Å². The topological polar surface area (TPSA) is 29.5 Å². The maximum atomic E-state index is 9.73. The molecule has 2 nitrogen and oxygen atoms in total.